The summed E-state index contributed by atoms with van der Waals surface area (Å²) < 4.78 is 0. The molecular weight excluding hydrogens is 829 g/mol. The normalized spacial score (nSPS) is 32.9. The Morgan fingerprint density at radius 2 is 0.883 bits per heavy atom. The Labute approximate surface area is 375 Å². The lowest BCUT2D eigenvalue weighted by molar-refractivity contribution is -0.200. The van der Waals surface area contributed by atoms with Crippen LogP contribution in [-0.4, -0.2) is 72.9 Å². The minimum absolute atomic E-state index is 0.126. The molecule has 0 aromatic heterocycles. The van der Waals surface area contributed by atoms with Gasteiger partial charge in [0.15, 0.2) is 0 Å². The van der Waals surface area contributed by atoms with Crippen LogP contribution in [0.4, 0.5) is 0 Å². The summed E-state index contributed by atoms with van der Waals surface area (Å²) in [4.78, 5) is 50.3. The molecule has 13 unspecified atom stereocenters. The minimum Gasteiger partial charge on any atom is -0.373 e. The number of carbonyl (C=O) groups excluding carboxylic acids is 3. The lowest BCUT2D eigenvalue weighted by Crippen LogP contribution is -2.76. The standard InChI is InChI=1S/C46H62N6O4S4/c1-5-9-13-15-19-27(17-11-7-3)25-51-43(53)35-33-34-37(41-39(35)57-29(21-47)31(23-49)59-41)45(55)52(26-28(18-12-8-4)20-16-14-10-6-2)46(56)38(34)42-40(36(33)44(51)54)58-30(22-48)32(24-50)60-42/h27-28,33-43,53H,5-20,25-26H2,1-4H3. The number of nitrogens with zero attached hydrogens (tertiary/aromatic N) is 6. The molecule has 2 aliphatic carbocycles. The predicted octanol–water partition coefficient (Wildman–Crippen LogP) is 9.75. The van der Waals surface area contributed by atoms with Gasteiger partial charge in [-0.3, -0.25) is 19.3 Å². The summed E-state index contributed by atoms with van der Waals surface area (Å²) >= 11 is 4.97. The second-order valence-corrected chi connectivity index (χ2v) is 22.6. The number of rotatable bonds is 20. The number of likely N-dealkylation sites (tertiary alicyclic amines) is 2. The number of amides is 3. The lowest BCUT2D eigenvalue weighted by Gasteiger charge is -2.66. The zero-order chi connectivity index (χ0) is 43.1. The highest BCUT2D eigenvalue weighted by Crippen LogP contribution is 2.68. The summed E-state index contributed by atoms with van der Waals surface area (Å²) in [6, 6.07) is 8.93. The molecule has 0 radical (unpaired) electrons. The van der Waals surface area contributed by atoms with Gasteiger partial charge in [-0.1, -0.05) is 105 Å². The van der Waals surface area contributed by atoms with E-state index in [2.05, 4.69) is 52.0 Å². The molecule has 10 nitrogen and oxygen atoms in total. The number of nitriles is 4. The third-order valence-electron chi connectivity index (χ3n) is 14.1. The molecule has 324 valence electrons. The van der Waals surface area contributed by atoms with Gasteiger partial charge in [0.2, 0.25) is 17.7 Å². The average Bonchev–Trinajstić information content (AvgIpc) is 3.26. The van der Waals surface area contributed by atoms with Crippen molar-refractivity contribution in [2.45, 2.75) is 158 Å². The second-order valence-electron chi connectivity index (χ2n) is 17.8. The maximum atomic E-state index is 15.4. The number of fused-ring (bicyclic) bond motifs is 6. The van der Waals surface area contributed by atoms with Crippen LogP contribution in [0, 0.1) is 92.7 Å². The van der Waals surface area contributed by atoms with Crippen LogP contribution in [0.2, 0.25) is 0 Å². The maximum Gasteiger partial charge on any atom is 0.233 e. The minimum atomic E-state index is -1.22. The van der Waals surface area contributed by atoms with E-state index in [9.17, 15) is 26.2 Å². The third-order valence-corrected chi connectivity index (χ3v) is 20.3. The first-order chi connectivity index (χ1) is 29.1. The molecule has 2 saturated carbocycles. The van der Waals surface area contributed by atoms with Crippen LogP contribution in [-0.2, 0) is 14.4 Å². The molecule has 0 spiro atoms. The Hall–Kier alpha value is -2.59. The van der Waals surface area contributed by atoms with Crippen LogP contribution in [0.15, 0.2) is 19.6 Å². The van der Waals surface area contributed by atoms with Crippen molar-refractivity contribution in [3.8, 4) is 24.3 Å². The van der Waals surface area contributed by atoms with Gasteiger partial charge in [-0.15, -0.1) is 47.0 Å². The Morgan fingerprint density at radius 1 is 0.500 bits per heavy atom. The van der Waals surface area contributed by atoms with Gasteiger partial charge in [0, 0.05) is 40.0 Å². The summed E-state index contributed by atoms with van der Waals surface area (Å²) in [7, 11) is 0. The highest BCUT2D eigenvalue weighted by atomic mass is 32.2. The Bertz CT molecular complexity index is 1830. The molecule has 0 bridgehead atoms. The fraction of sp³-hybridized carbons (Fsp3) is 0.761. The fourth-order valence-electron chi connectivity index (χ4n) is 11.3. The number of unbranched alkanes of at least 4 members (excludes halogenated alkanes) is 8. The lowest BCUT2D eigenvalue weighted by atomic mass is 9.49. The molecule has 60 heavy (non-hydrogen) atoms. The average molecular weight is 891 g/mol. The number of hydrogen-bond donors (Lipinski definition) is 1. The quantitative estimate of drug-likeness (QED) is 0.0907. The van der Waals surface area contributed by atoms with Crippen LogP contribution in [0.25, 0.3) is 0 Å². The van der Waals surface area contributed by atoms with Gasteiger partial charge in [0.25, 0.3) is 0 Å². The summed E-state index contributed by atoms with van der Waals surface area (Å²) in [5.41, 5.74) is 0. The van der Waals surface area contributed by atoms with Gasteiger partial charge < -0.3 is 10.0 Å². The Morgan fingerprint density at radius 3 is 1.32 bits per heavy atom. The third kappa shape index (κ3) is 9.22. The topological polar surface area (TPSA) is 173 Å². The van der Waals surface area contributed by atoms with Crippen LogP contribution in [0.3, 0.4) is 0 Å². The molecule has 0 aromatic carbocycles. The highest BCUT2D eigenvalue weighted by molar-refractivity contribution is 8.11. The number of hydrogen-bond acceptors (Lipinski definition) is 12. The number of aliphatic hydroxyl groups excluding tert-OH is 1. The van der Waals surface area contributed by atoms with E-state index in [1.807, 2.05) is 0 Å². The first kappa shape index (κ1) is 46.9. The maximum absolute atomic E-state index is 15.4. The van der Waals surface area contributed by atoms with Crippen molar-refractivity contribution in [3.63, 3.8) is 0 Å². The fourth-order valence-corrected chi connectivity index (χ4v) is 17.5. The van der Waals surface area contributed by atoms with Crippen molar-refractivity contribution >= 4 is 64.8 Å². The summed E-state index contributed by atoms with van der Waals surface area (Å²) in [6.07, 6.45) is 15.2. The zero-order valence-electron chi connectivity index (χ0n) is 35.7. The molecule has 2 saturated heterocycles. The van der Waals surface area contributed by atoms with Gasteiger partial charge in [-0.2, -0.15) is 21.0 Å². The monoisotopic (exact) mass is 890 g/mol. The highest BCUT2D eigenvalue weighted by Gasteiger charge is 2.73. The van der Waals surface area contributed by atoms with E-state index < -0.39 is 62.7 Å². The first-order valence-corrected chi connectivity index (χ1v) is 26.2. The van der Waals surface area contributed by atoms with Crippen molar-refractivity contribution in [1.82, 2.24) is 9.80 Å². The molecule has 6 aliphatic rings. The van der Waals surface area contributed by atoms with Gasteiger partial charge in [0.1, 0.15) is 50.1 Å². The van der Waals surface area contributed by atoms with Crippen LogP contribution >= 0.6 is 47.0 Å². The van der Waals surface area contributed by atoms with Crippen molar-refractivity contribution in [2.24, 2.45) is 47.3 Å². The number of aliphatic hydroxyl groups is 1. The summed E-state index contributed by atoms with van der Waals surface area (Å²) in [5, 5.41) is 52.0. The van der Waals surface area contributed by atoms with E-state index in [4.69, 9.17) is 0 Å². The molecule has 4 aliphatic heterocycles. The number of imide groups is 1. The van der Waals surface area contributed by atoms with Crippen LogP contribution < -0.4 is 0 Å². The van der Waals surface area contributed by atoms with Crippen LogP contribution in [0.1, 0.15) is 130 Å². The molecule has 13 atom stereocenters. The molecule has 3 amide bonds. The van der Waals surface area contributed by atoms with Gasteiger partial charge in [-0.25, -0.2) is 0 Å². The van der Waals surface area contributed by atoms with Crippen molar-refractivity contribution < 1.29 is 19.5 Å². The number of carbonyl (C=O) groups is 3. The van der Waals surface area contributed by atoms with Gasteiger partial charge in [0.05, 0.1) is 17.8 Å². The Balaban J connectivity index is 1.48. The van der Waals surface area contributed by atoms with E-state index in [-0.39, 0.29) is 49.2 Å². The van der Waals surface area contributed by atoms with Gasteiger partial charge in [-0.05, 0) is 49.4 Å². The van der Waals surface area contributed by atoms with Crippen molar-refractivity contribution in [2.75, 3.05) is 13.1 Å². The van der Waals surface area contributed by atoms with Crippen molar-refractivity contribution in [1.29, 1.82) is 21.0 Å². The number of allylic oxidation sites excluding steroid dienone is 4. The first-order valence-electron chi connectivity index (χ1n) is 22.7. The van der Waals surface area contributed by atoms with E-state index >= 15 is 14.4 Å². The second kappa shape index (κ2) is 21.7. The number of piperidine rings is 2. The molecule has 4 fully saturated rings. The molecule has 0 aromatic rings. The number of thioether (sulfide) groups is 4. The van der Waals surface area contributed by atoms with E-state index in [0.29, 0.717) is 13.1 Å². The molecule has 1 N–H and O–H groups in total. The van der Waals surface area contributed by atoms with E-state index in [0.717, 1.165) is 103 Å². The van der Waals surface area contributed by atoms with Crippen LogP contribution in [0.5, 0.6) is 0 Å². The van der Waals surface area contributed by atoms with Crippen molar-refractivity contribution in [3.05, 3.63) is 19.6 Å². The summed E-state index contributed by atoms with van der Waals surface area (Å²) in [5.74, 6) is -4.43. The molecule has 4 heterocycles. The largest absolute Gasteiger partial charge is 0.373 e. The smallest absolute Gasteiger partial charge is 0.233 e. The molecule has 14 heteroatoms. The molecule has 6 rings (SSSR count). The predicted molar refractivity (Wildman–Crippen MR) is 241 cm³/mol. The van der Waals surface area contributed by atoms with Gasteiger partial charge >= 0.3 is 0 Å². The zero-order valence-corrected chi connectivity index (χ0v) is 39.0. The molecular formula is C46H62N6O4S4. The SMILES string of the molecule is CCCCCCC(CCCC)CN1C(=O)C2C3SC(C#N)=C(C#N)SC3C3C(=O)N(CC(CCCC)CCCCCC)C(O)C4C5SC(C#N)=C(C#N)SC5C(C1=O)C2C34. The Kier molecular flexibility index (Phi) is 16.9. The van der Waals surface area contributed by atoms with E-state index in [1.54, 1.807) is 4.90 Å². The summed E-state index contributed by atoms with van der Waals surface area (Å²) in [6.45, 7) is 9.35. The van der Waals surface area contributed by atoms with E-state index in [1.165, 1.54) is 51.9 Å².